The Balaban J connectivity index is 1.67. The lowest BCUT2D eigenvalue weighted by Crippen LogP contribution is -2.38. The number of benzene rings is 1. The SMILES string of the molecule is CN1CC(CNC(=O)NCc2ccccc2)CC1=O. The van der Waals surface area contributed by atoms with E-state index in [1.807, 2.05) is 30.3 Å². The van der Waals surface area contributed by atoms with E-state index < -0.39 is 0 Å². The molecule has 1 aliphatic rings. The molecule has 1 aromatic rings. The van der Waals surface area contributed by atoms with Gasteiger partial charge in [0.25, 0.3) is 0 Å². The van der Waals surface area contributed by atoms with Gasteiger partial charge >= 0.3 is 6.03 Å². The Hall–Kier alpha value is -2.04. The van der Waals surface area contributed by atoms with Gasteiger partial charge in [0.15, 0.2) is 0 Å². The van der Waals surface area contributed by atoms with Crippen molar-refractivity contribution in [3.63, 3.8) is 0 Å². The van der Waals surface area contributed by atoms with Crippen LogP contribution in [-0.2, 0) is 11.3 Å². The molecule has 2 rings (SSSR count). The molecule has 1 saturated heterocycles. The third-order valence-electron chi connectivity index (χ3n) is 3.27. The summed E-state index contributed by atoms with van der Waals surface area (Å²) in [5.41, 5.74) is 1.06. The number of hydrogen-bond acceptors (Lipinski definition) is 2. The summed E-state index contributed by atoms with van der Waals surface area (Å²) in [5, 5.41) is 5.60. The third kappa shape index (κ3) is 3.98. The van der Waals surface area contributed by atoms with Crippen LogP contribution in [0.5, 0.6) is 0 Å². The van der Waals surface area contributed by atoms with Crippen molar-refractivity contribution in [1.82, 2.24) is 15.5 Å². The van der Waals surface area contributed by atoms with E-state index in [9.17, 15) is 9.59 Å². The zero-order valence-corrected chi connectivity index (χ0v) is 11.1. The molecule has 1 aliphatic heterocycles. The van der Waals surface area contributed by atoms with Crippen LogP contribution < -0.4 is 10.6 Å². The first-order valence-corrected chi connectivity index (χ1v) is 6.44. The molecule has 19 heavy (non-hydrogen) atoms. The highest BCUT2D eigenvalue weighted by molar-refractivity contribution is 5.78. The monoisotopic (exact) mass is 261 g/mol. The minimum absolute atomic E-state index is 0.150. The van der Waals surface area contributed by atoms with Gasteiger partial charge in [0.05, 0.1) is 0 Å². The van der Waals surface area contributed by atoms with Crippen molar-refractivity contribution in [3.05, 3.63) is 35.9 Å². The van der Waals surface area contributed by atoms with Gasteiger partial charge in [-0.25, -0.2) is 4.79 Å². The van der Waals surface area contributed by atoms with Gasteiger partial charge in [-0.05, 0) is 5.56 Å². The predicted molar refractivity (Wildman–Crippen MR) is 72.4 cm³/mol. The molecule has 0 spiro atoms. The minimum Gasteiger partial charge on any atom is -0.345 e. The van der Waals surface area contributed by atoms with E-state index in [0.717, 1.165) is 12.1 Å². The number of urea groups is 1. The van der Waals surface area contributed by atoms with Crippen molar-refractivity contribution in [2.75, 3.05) is 20.1 Å². The molecule has 1 heterocycles. The maximum absolute atomic E-state index is 11.6. The zero-order chi connectivity index (χ0) is 13.7. The van der Waals surface area contributed by atoms with Crippen LogP contribution in [0.15, 0.2) is 30.3 Å². The van der Waals surface area contributed by atoms with E-state index in [4.69, 9.17) is 0 Å². The fourth-order valence-electron chi connectivity index (χ4n) is 2.17. The van der Waals surface area contributed by atoms with Crippen LogP contribution in [0.1, 0.15) is 12.0 Å². The van der Waals surface area contributed by atoms with E-state index in [1.165, 1.54) is 0 Å². The molecule has 5 nitrogen and oxygen atoms in total. The Morgan fingerprint density at radius 1 is 1.32 bits per heavy atom. The van der Waals surface area contributed by atoms with Crippen molar-refractivity contribution in [3.8, 4) is 0 Å². The van der Waals surface area contributed by atoms with Gasteiger partial charge in [-0.2, -0.15) is 0 Å². The standard InChI is InChI=1S/C14H19N3O2/c1-17-10-12(7-13(17)18)9-16-14(19)15-8-11-5-3-2-4-6-11/h2-6,12H,7-10H2,1H3,(H2,15,16,19). The fraction of sp³-hybridized carbons (Fsp3) is 0.429. The Labute approximate surface area is 113 Å². The highest BCUT2D eigenvalue weighted by Gasteiger charge is 2.26. The average molecular weight is 261 g/mol. The van der Waals surface area contributed by atoms with E-state index >= 15 is 0 Å². The van der Waals surface area contributed by atoms with Gasteiger partial charge in [0.1, 0.15) is 0 Å². The maximum Gasteiger partial charge on any atom is 0.315 e. The summed E-state index contributed by atoms with van der Waals surface area (Å²) in [6.45, 7) is 1.77. The molecule has 1 aromatic carbocycles. The van der Waals surface area contributed by atoms with Crippen LogP contribution >= 0.6 is 0 Å². The van der Waals surface area contributed by atoms with Crippen LogP contribution in [0.4, 0.5) is 4.79 Å². The molecule has 0 saturated carbocycles. The number of hydrogen-bond donors (Lipinski definition) is 2. The molecule has 3 amide bonds. The second-order valence-electron chi connectivity index (χ2n) is 4.89. The van der Waals surface area contributed by atoms with Crippen LogP contribution in [0.3, 0.4) is 0 Å². The Bertz CT molecular complexity index is 447. The van der Waals surface area contributed by atoms with Crippen molar-refractivity contribution >= 4 is 11.9 Å². The van der Waals surface area contributed by atoms with Crippen molar-refractivity contribution in [2.45, 2.75) is 13.0 Å². The van der Waals surface area contributed by atoms with E-state index in [-0.39, 0.29) is 17.9 Å². The molecule has 1 fully saturated rings. The van der Waals surface area contributed by atoms with Crippen LogP contribution in [0, 0.1) is 5.92 Å². The van der Waals surface area contributed by atoms with Crippen LogP contribution in [0.25, 0.3) is 0 Å². The number of likely N-dealkylation sites (tertiary alicyclic amines) is 1. The number of amides is 3. The molecular weight excluding hydrogens is 242 g/mol. The molecule has 0 bridgehead atoms. The van der Waals surface area contributed by atoms with E-state index in [1.54, 1.807) is 11.9 Å². The Morgan fingerprint density at radius 3 is 2.68 bits per heavy atom. The van der Waals surface area contributed by atoms with Gasteiger partial charge < -0.3 is 15.5 Å². The van der Waals surface area contributed by atoms with Crippen molar-refractivity contribution < 1.29 is 9.59 Å². The summed E-state index contributed by atoms with van der Waals surface area (Å²) in [4.78, 5) is 24.7. The summed E-state index contributed by atoms with van der Waals surface area (Å²) >= 11 is 0. The molecule has 1 unspecified atom stereocenters. The summed E-state index contributed by atoms with van der Waals surface area (Å²) in [6.07, 6.45) is 0.523. The number of carbonyl (C=O) groups is 2. The van der Waals surface area contributed by atoms with E-state index in [2.05, 4.69) is 10.6 Å². The highest BCUT2D eigenvalue weighted by atomic mass is 16.2. The predicted octanol–water partition coefficient (Wildman–Crippen LogP) is 0.964. The lowest BCUT2D eigenvalue weighted by Gasteiger charge is -2.12. The smallest absolute Gasteiger partial charge is 0.315 e. The van der Waals surface area contributed by atoms with Gasteiger partial charge in [-0.15, -0.1) is 0 Å². The second-order valence-corrected chi connectivity index (χ2v) is 4.89. The highest BCUT2D eigenvalue weighted by Crippen LogP contribution is 2.14. The summed E-state index contributed by atoms with van der Waals surface area (Å²) in [5.74, 6) is 0.372. The summed E-state index contributed by atoms with van der Waals surface area (Å²) in [7, 11) is 1.79. The normalized spacial score (nSPS) is 18.5. The van der Waals surface area contributed by atoms with Gasteiger partial charge in [-0.3, -0.25) is 4.79 Å². The molecule has 0 aromatic heterocycles. The van der Waals surface area contributed by atoms with Crippen LogP contribution in [-0.4, -0.2) is 37.0 Å². The third-order valence-corrected chi connectivity index (χ3v) is 3.27. The topological polar surface area (TPSA) is 61.4 Å². The van der Waals surface area contributed by atoms with E-state index in [0.29, 0.717) is 19.5 Å². The van der Waals surface area contributed by atoms with Gasteiger partial charge in [0.2, 0.25) is 5.91 Å². The number of nitrogens with one attached hydrogen (secondary N) is 2. The molecule has 5 heteroatoms. The second kappa shape index (κ2) is 6.22. The number of carbonyl (C=O) groups excluding carboxylic acids is 2. The van der Waals surface area contributed by atoms with Crippen LogP contribution in [0.2, 0.25) is 0 Å². The zero-order valence-electron chi connectivity index (χ0n) is 11.1. The lowest BCUT2D eigenvalue weighted by atomic mass is 10.1. The largest absolute Gasteiger partial charge is 0.345 e. The van der Waals surface area contributed by atoms with Crippen molar-refractivity contribution in [2.24, 2.45) is 5.92 Å². The molecule has 102 valence electrons. The molecular formula is C14H19N3O2. The average Bonchev–Trinajstić information content (AvgIpc) is 2.74. The molecule has 1 atom stereocenters. The number of rotatable bonds is 4. The molecule has 0 aliphatic carbocycles. The minimum atomic E-state index is -0.189. The molecule has 0 radical (unpaired) electrons. The van der Waals surface area contributed by atoms with Gasteiger partial charge in [0, 0.05) is 39.0 Å². The fourth-order valence-corrected chi connectivity index (χ4v) is 2.17. The Morgan fingerprint density at radius 2 is 2.05 bits per heavy atom. The first kappa shape index (κ1) is 13.4. The van der Waals surface area contributed by atoms with Crippen molar-refractivity contribution in [1.29, 1.82) is 0 Å². The summed E-state index contributed by atoms with van der Waals surface area (Å²) in [6, 6.07) is 9.56. The van der Waals surface area contributed by atoms with Gasteiger partial charge in [-0.1, -0.05) is 30.3 Å². The quantitative estimate of drug-likeness (QED) is 0.848. The first-order valence-electron chi connectivity index (χ1n) is 6.44. The Kier molecular flexibility index (Phi) is 4.39. The maximum atomic E-state index is 11.6. The molecule has 2 N–H and O–H groups in total. The number of nitrogens with zero attached hydrogens (tertiary/aromatic N) is 1. The lowest BCUT2D eigenvalue weighted by molar-refractivity contribution is -0.126. The first-order chi connectivity index (χ1) is 9.15. The summed E-state index contributed by atoms with van der Waals surface area (Å²) < 4.78 is 0.